The zero-order valence-corrected chi connectivity index (χ0v) is 15.1. The van der Waals surface area contributed by atoms with Crippen LogP contribution in [-0.2, 0) is 11.2 Å². The minimum absolute atomic E-state index is 0.107. The van der Waals surface area contributed by atoms with Gasteiger partial charge >= 0.3 is 0 Å². The summed E-state index contributed by atoms with van der Waals surface area (Å²) in [5.41, 5.74) is 2.52. The molecule has 26 heavy (non-hydrogen) atoms. The van der Waals surface area contributed by atoms with Crippen LogP contribution in [0.2, 0.25) is 0 Å². The molecule has 0 aliphatic heterocycles. The van der Waals surface area contributed by atoms with Gasteiger partial charge in [-0.3, -0.25) is 4.79 Å². The Bertz CT molecular complexity index is 979. The second kappa shape index (κ2) is 7.54. The molecule has 0 spiro atoms. The number of thiophene rings is 1. The van der Waals surface area contributed by atoms with Crippen molar-refractivity contribution in [3.8, 4) is 22.0 Å². The first kappa shape index (κ1) is 16.6. The molecule has 0 saturated carbocycles. The fraction of sp³-hybridized carbons (Fsp3) is 0.118. The predicted molar refractivity (Wildman–Crippen MR) is 99.9 cm³/mol. The van der Waals surface area contributed by atoms with E-state index in [-0.39, 0.29) is 12.3 Å². The van der Waals surface area contributed by atoms with Gasteiger partial charge in [-0.15, -0.1) is 16.4 Å². The van der Waals surface area contributed by atoms with Crippen LogP contribution in [0.1, 0.15) is 12.3 Å². The van der Waals surface area contributed by atoms with Gasteiger partial charge in [0.05, 0.1) is 4.88 Å². The number of aromatic nitrogens is 4. The molecule has 7 nitrogen and oxygen atoms in total. The zero-order chi connectivity index (χ0) is 17.8. The Kier molecular flexibility index (Phi) is 4.80. The molecule has 0 aliphatic carbocycles. The van der Waals surface area contributed by atoms with Crippen LogP contribution in [0.3, 0.4) is 0 Å². The van der Waals surface area contributed by atoms with Crippen LogP contribution < -0.4 is 5.32 Å². The molecule has 1 aromatic carbocycles. The summed E-state index contributed by atoms with van der Waals surface area (Å²) in [7, 11) is 0. The van der Waals surface area contributed by atoms with E-state index in [0.717, 1.165) is 21.8 Å². The van der Waals surface area contributed by atoms with Crippen molar-refractivity contribution in [2.45, 2.75) is 12.8 Å². The van der Waals surface area contributed by atoms with Gasteiger partial charge in [-0.2, -0.15) is 4.98 Å². The van der Waals surface area contributed by atoms with E-state index < -0.39 is 0 Å². The number of nitrogens with one attached hydrogen (secondary N) is 1. The largest absolute Gasteiger partial charge is 0.339 e. The summed E-state index contributed by atoms with van der Waals surface area (Å²) in [6.45, 7) is 0. The lowest BCUT2D eigenvalue weighted by atomic mass is 10.1. The van der Waals surface area contributed by atoms with Crippen molar-refractivity contribution in [1.29, 1.82) is 0 Å². The SMILES string of the molecule is O=C(CCc1nc(-c2cccs2)no1)Nc1ccc(-c2csnn2)cc1. The summed E-state index contributed by atoms with van der Waals surface area (Å²) in [4.78, 5) is 17.4. The van der Waals surface area contributed by atoms with E-state index in [0.29, 0.717) is 18.1 Å². The average molecular weight is 383 g/mol. The molecule has 0 bridgehead atoms. The monoisotopic (exact) mass is 383 g/mol. The van der Waals surface area contributed by atoms with Crippen LogP contribution >= 0.6 is 22.9 Å². The highest BCUT2D eigenvalue weighted by molar-refractivity contribution is 7.13. The van der Waals surface area contributed by atoms with E-state index in [1.54, 1.807) is 11.3 Å². The first-order chi connectivity index (χ1) is 12.8. The minimum Gasteiger partial charge on any atom is -0.339 e. The molecule has 0 atom stereocenters. The van der Waals surface area contributed by atoms with Crippen LogP contribution in [0.25, 0.3) is 22.0 Å². The highest BCUT2D eigenvalue weighted by Crippen LogP contribution is 2.22. The second-order valence-electron chi connectivity index (χ2n) is 5.40. The lowest BCUT2D eigenvalue weighted by Gasteiger charge is -2.04. The Morgan fingerprint density at radius 1 is 1.19 bits per heavy atom. The molecule has 130 valence electrons. The molecule has 1 amide bonds. The predicted octanol–water partition coefficient (Wildman–Crippen LogP) is 3.89. The molecule has 3 heterocycles. The minimum atomic E-state index is -0.107. The van der Waals surface area contributed by atoms with Gasteiger partial charge in [0.25, 0.3) is 0 Å². The fourth-order valence-corrected chi connectivity index (χ4v) is 3.44. The summed E-state index contributed by atoms with van der Waals surface area (Å²) < 4.78 is 9.04. The normalized spacial score (nSPS) is 10.8. The summed E-state index contributed by atoms with van der Waals surface area (Å²) in [6.07, 6.45) is 0.663. The molecule has 3 aromatic heterocycles. The van der Waals surface area contributed by atoms with Gasteiger partial charge in [-0.1, -0.05) is 27.8 Å². The molecule has 0 saturated heterocycles. The summed E-state index contributed by atoms with van der Waals surface area (Å²) in [6, 6.07) is 11.3. The standard InChI is InChI=1S/C17H13N5O2S2/c23-15(7-8-16-19-17(21-24-16)14-2-1-9-25-14)18-12-5-3-11(4-6-12)13-10-26-22-20-13/h1-6,9-10H,7-8H2,(H,18,23). The number of hydrogen-bond acceptors (Lipinski definition) is 8. The van der Waals surface area contributed by atoms with Gasteiger partial charge < -0.3 is 9.84 Å². The number of nitrogens with zero attached hydrogens (tertiary/aromatic N) is 4. The average Bonchev–Trinajstić information content (AvgIpc) is 3.42. The maximum Gasteiger partial charge on any atom is 0.227 e. The quantitative estimate of drug-likeness (QED) is 0.543. The van der Waals surface area contributed by atoms with Crippen LogP contribution in [0.5, 0.6) is 0 Å². The van der Waals surface area contributed by atoms with Gasteiger partial charge in [0.1, 0.15) is 5.69 Å². The van der Waals surface area contributed by atoms with E-state index in [9.17, 15) is 4.79 Å². The lowest BCUT2D eigenvalue weighted by molar-refractivity contribution is -0.116. The first-order valence-electron chi connectivity index (χ1n) is 7.82. The molecule has 1 N–H and O–H groups in total. The van der Waals surface area contributed by atoms with Crippen LogP contribution in [0, 0.1) is 0 Å². The third kappa shape index (κ3) is 3.84. The number of carbonyl (C=O) groups is 1. The Morgan fingerprint density at radius 2 is 2.08 bits per heavy atom. The smallest absolute Gasteiger partial charge is 0.227 e. The van der Waals surface area contributed by atoms with Crippen molar-refractivity contribution in [2.24, 2.45) is 0 Å². The fourth-order valence-electron chi connectivity index (χ4n) is 2.32. The summed E-state index contributed by atoms with van der Waals surface area (Å²) in [5, 5.41) is 14.6. The number of hydrogen-bond donors (Lipinski definition) is 1. The second-order valence-corrected chi connectivity index (χ2v) is 6.96. The van der Waals surface area contributed by atoms with Crippen LogP contribution in [0.15, 0.2) is 51.7 Å². The van der Waals surface area contributed by atoms with Gasteiger partial charge in [0.15, 0.2) is 0 Å². The van der Waals surface area contributed by atoms with Crippen molar-refractivity contribution in [3.05, 3.63) is 53.0 Å². The number of rotatable bonds is 6. The number of anilines is 1. The van der Waals surface area contributed by atoms with E-state index in [1.807, 2.05) is 47.2 Å². The van der Waals surface area contributed by atoms with Crippen molar-refractivity contribution in [2.75, 3.05) is 5.32 Å². The highest BCUT2D eigenvalue weighted by atomic mass is 32.1. The summed E-state index contributed by atoms with van der Waals surface area (Å²) >= 11 is 2.85. The van der Waals surface area contributed by atoms with Gasteiger partial charge in [-0.25, -0.2) is 0 Å². The third-order valence-electron chi connectivity index (χ3n) is 3.60. The molecular weight excluding hydrogens is 370 g/mol. The van der Waals surface area contributed by atoms with Crippen molar-refractivity contribution >= 4 is 34.5 Å². The number of carbonyl (C=O) groups excluding carboxylic acids is 1. The van der Waals surface area contributed by atoms with E-state index in [2.05, 4.69) is 25.0 Å². The van der Waals surface area contributed by atoms with Crippen molar-refractivity contribution < 1.29 is 9.32 Å². The maximum absolute atomic E-state index is 12.1. The molecule has 0 aliphatic rings. The topological polar surface area (TPSA) is 93.8 Å². The molecule has 9 heteroatoms. The number of amides is 1. The molecule has 4 aromatic rings. The number of benzene rings is 1. The van der Waals surface area contributed by atoms with Crippen LogP contribution in [-0.4, -0.2) is 25.6 Å². The Morgan fingerprint density at radius 3 is 2.81 bits per heavy atom. The Balaban J connectivity index is 1.31. The van der Waals surface area contributed by atoms with E-state index >= 15 is 0 Å². The van der Waals surface area contributed by atoms with Gasteiger partial charge in [0, 0.05) is 29.5 Å². The van der Waals surface area contributed by atoms with Crippen molar-refractivity contribution in [1.82, 2.24) is 19.7 Å². The molecule has 0 radical (unpaired) electrons. The Labute approximate surface area is 156 Å². The molecule has 0 unspecified atom stereocenters. The van der Waals surface area contributed by atoms with Gasteiger partial charge in [-0.05, 0) is 35.1 Å². The van der Waals surface area contributed by atoms with Gasteiger partial charge in [0.2, 0.25) is 17.6 Å². The maximum atomic E-state index is 12.1. The lowest BCUT2D eigenvalue weighted by Crippen LogP contribution is -2.12. The molecule has 0 fully saturated rings. The summed E-state index contributed by atoms with van der Waals surface area (Å²) in [5.74, 6) is 0.904. The number of aryl methyl sites for hydroxylation is 1. The van der Waals surface area contributed by atoms with E-state index in [4.69, 9.17) is 4.52 Å². The van der Waals surface area contributed by atoms with Crippen molar-refractivity contribution in [3.63, 3.8) is 0 Å². The third-order valence-corrected chi connectivity index (χ3v) is 4.97. The first-order valence-corrected chi connectivity index (χ1v) is 9.53. The zero-order valence-electron chi connectivity index (χ0n) is 13.5. The highest BCUT2D eigenvalue weighted by Gasteiger charge is 2.11. The molecular formula is C17H13N5O2S2. The van der Waals surface area contributed by atoms with Crippen LogP contribution in [0.4, 0.5) is 5.69 Å². The Hall–Kier alpha value is -2.91. The molecule has 4 rings (SSSR count). The van der Waals surface area contributed by atoms with E-state index in [1.165, 1.54) is 11.5 Å².